The summed E-state index contributed by atoms with van der Waals surface area (Å²) in [6.45, 7) is 7.32. The van der Waals surface area contributed by atoms with Crippen LogP contribution in [0.4, 0.5) is 0 Å². The number of benzene rings is 1. The molecule has 1 aliphatic heterocycles. The molecular weight excluding hydrogens is 364 g/mol. The topological polar surface area (TPSA) is 48.9 Å². The van der Waals surface area contributed by atoms with Crippen LogP contribution < -0.4 is 10.7 Å². The monoisotopic (exact) mass is 384 g/mol. The lowest BCUT2D eigenvalue weighted by molar-refractivity contribution is 0.0389. The van der Waals surface area contributed by atoms with Gasteiger partial charge in [0.25, 0.3) is 0 Å². The first kappa shape index (κ1) is 17.3. The molecule has 120 valence electrons. The van der Waals surface area contributed by atoms with Crippen LogP contribution in [-0.2, 0) is 4.74 Å². The van der Waals surface area contributed by atoms with Crippen molar-refractivity contribution in [3.05, 3.63) is 34.3 Å². The van der Waals surface area contributed by atoms with Gasteiger partial charge in [-0.15, -0.1) is 0 Å². The predicted molar refractivity (Wildman–Crippen MR) is 97.3 cm³/mol. The van der Waals surface area contributed by atoms with Crippen LogP contribution in [0, 0.1) is 0 Å². The van der Waals surface area contributed by atoms with E-state index in [1.165, 1.54) is 0 Å². The van der Waals surface area contributed by atoms with Gasteiger partial charge in [0.2, 0.25) is 0 Å². The quantitative estimate of drug-likeness (QED) is 0.461. The lowest BCUT2D eigenvalue weighted by Crippen LogP contribution is -2.42. The zero-order valence-electron chi connectivity index (χ0n) is 12.6. The molecule has 2 rings (SSSR count). The molecule has 1 aromatic rings. The number of morpholine rings is 1. The van der Waals surface area contributed by atoms with E-state index >= 15 is 0 Å². The maximum absolute atomic E-state index is 5.32. The van der Waals surface area contributed by atoms with Gasteiger partial charge in [0.1, 0.15) is 0 Å². The summed E-state index contributed by atoms with van der Waals surface area (Å²) in [5.74, 6) is 0. The van der Waals surface area contributed by atoms with Crippen LogP contribution in [0.15, 0.2) is 33.8 Å². The molecule has 0 radical (unpaired) electrons. The molecule has 0 amide bonds. The summed E-state index contributed by atoms with van der Waals surface area (Å²) < 4.78 is 6.34. The maximum atomic E-state index is 5.32. The van der Waals surface area contributed by atoms with E-state index in [0.717, 1.165) is 55.1 Å². The number of hydrazone groups is 1. The molecule has 5 nitrogen and oxygen atoms in total. The Kier molecular flexibility index (Phi) is 7.24. The second kappa shape index (κ2) is 9.19. The standard InChI is InChI=1S/C15H21BrN4OS/c1-12(13-4-2-3-5-14(13)16)18-19-15(22)17-6-7-20-8-10-21-11-9-20/h2-5H,6-11H2,1H3,(H2,17,19,22)/b18-12+. The van der Waals surface area contributed by atoms with Crippen molar-refractivity contribution in [2.24, 2.45) is 5.10 Å². The summed E-state index contributed by atoms with van der Waals surface area (Å²) >= 11 is 8.75. The molecule has 0 saturated carbocycles. The lowest BCUT2D eigenvalue weighted by Gasteiger charge is -2.26. The van der Waals surface area contributed by atoms with Crippen molar-refractivity contribution in [1.82, 2.24) is 15.6 Å². The average Bonchev–Trinajstić information content (AvgIpc) is 2.54. The molecule has 22 heavy (non-hydrogen) atoms. The lowest BCUT2D eigenvalue weighted by atomic mass is 10.1. The molecule has 1 aromatic carbocycles. The van der Waals surface area contributed by atoms with Gasteiger partial charge >= 0.3 is 0 Å². The van der Waals surface area contributed by atoms with Gasteiger partial charge in [0.15, 0.2) is 5.11 Å². The first-order chi connectivity index (χ1) is 10.7. The molecule has 1 fully saturated rings. The van der Waals surface area contributed by atoms with Crippen LogP contribution in [0.2, 0.25) is 0 Å². The first-order valence-corrected chi connectivity index (χ1v) is 8.50. The van der Waals surface area contributed by atoms with Crippen molar-refractivity contribution in [2.75, 3.05) is 39.4 Å². The van der Waals surface area contributed by atoms with Crippen LogP contribution in [0.25, 0.3) is 0 Å². The fourth-order valence-corrected chi connectivity index (χ4v) is 2.86. The summed E-state index contributed by atoms with van der Waals surface area (Å²) in [7, 11) is 0. The van der Waals surface area contributed by atoms with Gasteiger partial charge in [0, 0.05) is 36.2 Å². The van der Waals surface area contributed by atoms with Crippen LogP contribution in [-0.4, -0.2) is 55.1 Å². The summed E-state index contributed by atoms with van der Waals surface area (Å²) in [6.07, 6.45) is 0. The summed E-state index contributed by atoms with van der Waals surface area (Å²) in [5, 5.41) is 8.03. The molecular formula is C15H21BrN4OS. The Bertz CT molecular complexity index is 532. The Morgan fingerprint density at radius 1 is 1.36 bits per heavy atom. The van der Waals surface area contributed by atoms with E-state index in [-0.39, 0.29) is 0 Å². The highest BCUT2D eigenvalue weighted by molar-refractivity contribution is 9.10. The van der Waals surface area contributed by atoms with E-state index in [0.29, 0.717) is 5.11 Å². The van der Waals surface area contributed by atoms with E-state index in [4.69, 9.17) is 17.0 Å². The third-order valence-corrected chi connectivity index (χ3v) is 4.33. The number of ether oxygens (including phenoxy) is 1. The van der Waals surface area contributed by atoms with E-state index in [1.807, 2.05) is 31.2 Å². The molecule has 1 saturated heterocycles. The molecule has 0 bridgehead atoms. The Morgan fingerprint density at radius 3 is 2.82 bits per heavy atom. The van der Waals surface area contributed by atoms with E-state index in [1.54, 1.807) is 0 Å². The number of nitrogens with zero attached hydrogens (tertiary/aromatic N) is 2. The molecule has 0 aliphatic carbocycles. The van der Waals surface area contributed by atoms with E-state index in [9.17, 15) is 0 Å². The summed E-state index contributed by atoms with van der Waals surface area (Å²) in [4.78, 5) is 2.36. The zero-order chi connectivity index (χ0) is 15.8. The smallest absolute Gasteiger partial charge is 0.187 e. The van der Waals surface area contributed by atoms with Crippen LogP contribution in [0.5, 0.6) is 0 Å². The second-order valence-electron chi connectivity index (χ2n) is 5.00. The first-order valence-electron chi connectivity index (χ1n) is 7.30. The number of thiocarbonyl (C=S) groups is 1. The van der Waals surface area contributed by atoms with E-state index in [2.05, 4.69) is 36.7 Å². The normalized spacial score (nSPS) is 16.4. The minimum absolute atomic E-state index is 0.541. The number of hydrogen-bond donors (Lipinski definition) is 2. The fraction of sp³-hybridized carbons (Fsp3) is 0.467. The van der Waals surface area contributed by atoms with Gasteiger partial charge in [-0.05, 0) is 25.2 Å². The van der Waals surface area contributed by atoms with Crippen molar-refractivity contribution in [3.63, 3.8) is 0 Å². The van der Waals surface area contributed by atoms with Gasteiger partial charge in [-0.1, -0.05) is 34.1 Å². The highest BCUT2D eigenvalue weighted by Gasteiger charge is 2.09. The number of hydrogen-bond acceptors (Lipinski definition) is 4. The molecule has 0 unspecified atom stereocenters. The third kappa shape index (κ3) is 5.64. The largest absolute Gasteiger partial charge is 0.379 e. The number of halogens is 1. The molecule has 1 heterocycles. The van der Waals surface area contributed by atoms with Crippen LogP contribution >= 0.6 is 28.1 Å². The van der Waals surface area contributed by atoms with Crippen molar-refractivity contribution in [2.45, 2.75) is 6.92 Å². The Balaban J connectivity index is 1.72. The zero-order valence-corrected chi connectivity index (χ0v) is 15.0. The Labute approximate surface area is 145 Å². The van der Waals surface area contributed by atoms with Crippen molar-refractivity contribution in [1.29, 1.82) is 0 Å². The fourth-order valence-electron chi connectivity index (χ4n) is 2.14. The third-order valence-electron chi connectivity index (χ3n) is 3.41. The minimum Gasteiger partial charge on any atom is -0.379 e. The summed E-state index contributed by atoms with van der Waals surface area (Å²) in [6, 6.07) is 7.97. The van der Waals surface area contributed by atoms with Gasteiger partial charge < -0.3 is 10.1 Å². The Morgan fingerprint density at radius 2 is 2.09 bits per heavy atom. The number of nitrogens with one attached hydrogen (secondary N) is 2. The highest BCUT2D eigenvalue weighted by atomic mass is 79.9. The molecule has 0 spiro atoms. The maximum Gasteiger partial charge on any atom is 0.187 e. The number of rotatable bonds is 5. The summed E-state index contributed by atoms with van der Waals surface area (Å²) in [5.41, 5.74) is 4.82. The van der Waals surface area contributed by atoms with Gasteiger partial charge in [-0.3, -0.25) is 10.3 Å². The minimum atomic E-state index is 0.541. The van der Waals surface area contributed by atoms with Gasteiger partial charge in [-0.25, -0.2) is 0 Å². The van der Waals surface area contributed by atoms with Gasteiger partial charge in [0.05, 0.1) is 18.9 Å². The van der Waals surface area contributed by atoms with Crippen molar-refractivity contribution >= 4 is 39.0 Å². The van der Waals surface area contributed by atoms with Crippen LogP contribution in [0.3, 0.4) is 0 Å². The average molecular weight is 385 g/mol. The molecule has 2 N–H and O–H groups in total. The van der Waals surface area contributed by atoms with Gasteiger partial charge in [-0.2, -0.15) is 5.10 Å². The molecule has 0 atom stereocenters. The van der Waals surface area contributed by atoms with E-state index < -0.39 is 0 Å². The second-order valence-corrected chi connectivity index (χ2v) is 6.26. The highest BCUT2D eigenvalue weighted by Crippen LogP contribution is 2.16. The predicted octanol–water partition coefficient (Wildman–Crippen LogP) is 1.97. The molecule has 1 aliphatic rings. The van der Waals surface area contributed by atoms with Crippen LogP contribution in [0.1, 0.15) is 12.5 Å². The van der Waals surface area contributed by atoms with Crippen molar-refractivity contribution in [3.8, 4) is 0 Å². The Hall–Kier alpha value is -1.02. The SMILES string of the molecule is C/C(=N\NC(=S)NCCN1CCOCC1)c1ccccc1Br. The molecule has 0 aromatic heterocycles. The molecule has 7 heteroatoms. The van der Waals surface area contributed by atoms with Crippen molar-refractivity contribution < 1.29 is 4.74 Å².